The van der Waals surface area contributed by atoms with Gasteiger partial charge < -0.3 is 10.4 Å². The Labute approximate surface area is 109 Å². The van der Waals surface area contributed by atoms with Gasteiger partial charge in [0.1, 0.15) is 5.82 Å². The normalized spacial score (nSPS) is 10.6. The number of aryl methyl sites for hydroxylation is 1. The number of carboxylic acids is 1. The van der Waals surface area contributed by atoms with Crippen LogP contribution >= 0.6 is 0 Å². The Balaban J connectivity index is 2.00. The van der Waals surface area contributed by atoms with Gasteiger partial charge in [-0.2, -0.15) is 0 Å². The van der Waals surface area contributed by atoms with Gasteiger partial charge in [-0.05, 0) is 25.5 Å². The standard InChI is InChI=1S/C12H14N4O3/c1-8-14-15-10-5-4-9(7-16(8)10)12(19)13-6-2-3-11(17)18/h4-5,7H,2-3,6H2,1H3,(H,13,19)(H,17,18). The van der Waals surface area contributed by atoms with Crippen molar-refractivity contribution in [1.82, 2.24) is 19.9 Å². The minimum atomic E-state index is -0.865. The average Bonchev–Trinajstić information content (AvgIpc) is 2.75. The molecule has 0 aromatic carbocycles. The Hall–Kier alpha value is -2.44. The molecule has 2 aromatic rings. The number of aliphatic carboxylic acids is 1. The Morgan fingerprint density at radius 2 is 2.16 bits per heavy atom. The number of nitrogens with zero attached hydrogens (tertiary/aromatic N) is 3. The molecule has 2 heterocycles. The molecule has 19 heavy (non-hydrogen) atoms. The smallest absolute Gasteiger partial charge is 0.303 e. The summed E-state index contributed by atoms with van der Waals surface area (Å²) in [6.07, 6.45) is 2.12. The van der Waals surface area contributed by atoms with E-state index >= 15 is 0 Å². The Kier molecular flexibility index (Phi) is 3.74. The van der Waals surface area contributed by atoms with E-state index in [9.17, 15) is 9.59 Å². The quantitative estimate of drug-likeness (QED) is 0.770. The maximum absolute atomic E-state index is 11.9. The highest BCUT2D eigenvalue weighted by Crippen LogP contribution is 2.06. The molecular formula is C12H14N4O3. The number of amides is 1. The van der Waals surface area contributed by atoms with E-state index in [0.717, 1.165) is 0 Å². The van der Waals surface area contributed by atoms with Crippen molar-refractivity contribution in [2.24, 2.45) is 0 Å². The first-order valence-corrected chi connectivity index (χ1v) is 5.89. The van der Waals surface area contributed by atoms with E-state index in [2.05, 4.69) is 15.5 Å². The highest BCUT2D eigenvalue weighted by atomic mass is 16.4. The molecule has 0 saturated carbocycles. The van der Waals surface area contributed by atoms with E-state index in [1.54, 1.807) is 29.7 Å². The first kappa shape index (κ1) is 13.0. The highest BCUT2D eigenvalue weighted by Gasteiger charge is 2.08. The second kappa shape index (κ2) is 5.47. The fraction of sp³-hybridized carbons (Fsp3) is 0.333. The van der Waals surface area contributed by atoms with Crippen LogP contribution in [0.4, 0.5) is 0 Å². The molecule has 2 N–H and O–H groups in total. The Morgan fingerprint density at radius 3 is 2.89 bits per heavy atom. The van der Waals surface area contributed by atoms with Crippen molar-refractivity contribution in [2.75, 3.05) is 6.54 Å². The van der Waals surface area contributed by atoms with Gasteiger partial charge in [0.15, 0.2) is 5.65 Å². The van der Waals surface area contributed by atoms with Crippen LogP contribution in [0, 0.1) is 6.92 Å². The number of pyridine rings is 1. The number of carboxylic acid groups (broad SMARTS) is 1. The highest BCUT2D eigenvalue weighted by molar-refractivity contribution is 5.94. The van der Waals surface area contributed by atoms with E-state index in [-0.39, 0.29) is 12.3 Å². The van der Waals surface area contributed by atoms with Crippen LogP contribution in [0.1, 0.15) is 29.0 Å². The third-order valence-electron chi connectivity index (χ3n) is 2.69. The second-order valence-electron chi connectivity index (χ2n) is 4.15. The predicted molar refractivity (Wildman–Crippen MR) is 66.9 cm³/mol. The molecular weight excluding hydrogens is 248 g/mol. The van der Waals surface area contributed by atoms with Crippen molar-refractivity contribution in [2.45, 2.75) is 19.8 Å². The van der Waals surface area contributed by atoms with Crippen molar-refractivity contribution in [1.29, 1.82) is 0 Å². The van der Waals surface area contributed by atoms with Crippen molar-refractivity contribution in [3.05, 3.63) is 29.7 Å². The molecule has 0 aliphatic rings. The molecule has 2 rings (SSSR count). The SMILES string of the molecule is Cc1nnc2ccc(C(=O)NCCCC(=O)O)cn12. The van der Waals surface area contributed by atoms with Crippen LogP contribution in [-0.2, 0) is 4.79 Å². The van der Waals surface area contributed by atoms with Crippen molar-refractivity contribution >= 4 is 17.5 Å². The molecule has 0 fully saturated rings. The van der Waals surface area contributed by atoms with Crippen molar-refractivity contribution in [3.63, 3.8) is 0 Å². The van der Waals surface area contributed by atoms with Crippen molar-refractivity contribution in [3.8, 4) is 0 Å². The number of carbonyl (C=O) groups excluding carboxylic acids is 1. The van der Waals surface area contributed by atoms with Gasteiger partial charge in [-0.3, -0.25) is 14.0 Å². The molecule has 1 amide bonds. The Bertz CT molecular complexity index is 620. The zero-order valence-electron chi connectivity index (χ0n) is 10.5. The van der Waals surface area contributed by atoms with Crippen LogP contribution in [0.15, 0.2) is 18.3 Å². The molecule has 0 atom stereocenters. The maximum Gasteiger partial charge on any atom is 0.303 e. The fourth-order valence-corrected chi connectivity index (χ4v) is 1.68. The topological polar surface area (TPSA) is 96.6 Å². The third-order valence-corrected chi connectivity index (χ3v) is 2.69. The van der Waals surface area contributed by atoms with E-state index in [4.69, 9.17) is 5.11 Å². The number of rotatable bonds is 5. The van der Waals surface area contributed by atoms with Crippen LogP contribution in [-0.4, -0.2) is 38.1 Å². The molecule has 0 spiro atoms. The number of nitrogens with one attached hydrogen (secondary N) is 1. The number of hydrogen-bond donors (Lipinski definition) is 2. The fourth-order valence-electron chi connectivity index (χ4n) is 1.68. The van der Waals surface area contributed by atoms with E-state index in [1.165, 1.54) is 0 Å². The summed E-state index contributed by atoms with van der Waals surface area (Å²) in [5.41, 5.74) is 1.17. The van der Waals surface area contributed by atoms with Crippen LogP contribution in [0.3, 0.4) is 0 Å². The first-order chi connectivity index (χ1) is 9.08. The van der Waals surface area contributed by atoms with Gasteiger partial charge in [0.05, 0.1) is 5.56 Å². The average molecular weight is 262 g/mol. The third kappa shape index (κ3) is 3.06. The van der Waals surface area contributed by atoms with Gasteiger partial charge in [-0.15, -0.1) is 10.2 Å². The lowest BCUT2D eigenvalue weighted by Gasteiger charge is -2.05. The number of carbonyl (C=O) groups is 2. The summed E-state index contributed by atoms with van der Waals surface area (Å²) in [6, 6.07) is 3.38. The summed E-state index contributed by atoms with van der Waals surface area (Å²) < 4.78 is 1.73. The first-order valence-electron chi connectivity index (χ1n) is 5.89. The summed E-state index contributed by atoms with van der Waals surface area (Å²) in [5, 5.41) is 19.0. The van der Waals surface area contributed by atoms with Crippen molar-refractivity contribution < 1.29 is 14.7 Å². The lowest BCUT2D eigenvalue weighted by Crippen LogP contribution is -2.25. The van der Waals surface area contributed by atoms with Crippen LogP contribution in [0.2, 0.25) is 0 Å². The summed E-state index contributed by atoms with van der Waals surface area (Å²) in [4.78, 5) is 22.2. The maximum atomic E-state index is 11.9. The van der Waals surface area contributed by atoms with Gasteiger partial charge in [-0.25, -0.2) is 0 Å². The molecule has 2 aromatic heterocycles. The number of hydrogen-bond acceptors (Lipinski definition) is 4. The molecule has 7 heteroatoms. The zero-order valence-corrected chi connectivity index (χ0v) is 10.5. The summed E-state index contributed by atoms with van der Waals surface area (Å²) >= 11 is 0. The van der Waals surface area contributed by atoms with Crippen LogP contribution in [0.25, 0.3) is 5.65 Å². The van der Waals surface area contributed by atoms with Gasteiger partial charge in [0, 0.05) is 19.2 Å². The molecule has 0 bridgehead atoms. The predicted octanol–water partition coefficient (Wildman–Crippen LogP) is 0.632. The summed E-state index contributed by atoms with van der Waals surface area (Å²) in [6.45, 7) is 2.14. The largest absolute Gasteiger partial charge is 0.481 e. The van der Waals surface area contributed by atoms with E-state index in [1.807, 2.05) is 0 Å². The van der Waals surface area contributed by atoms with Gasteiger partial charge in [-0.1, -0.05) is 0 Å². The molecule has 7 nitrogen and oxygen atoms in total. The monoisotopic (exact) mass is 262 g/mol. The molecule has 0 aliphatic heterocycles. The molecule has 0 aliphatic carbocycles. The van der Waals surface area contributed by atoms with Gasteiger partial charge >= 0.3 is 5.97 Å². The van der Waals surface area contributed by atoms with E-state index < -0.39 is 5.97 Å². The van der Waals surface area contributed by atoms with Gasteiger partial charge in [0.25, 0.3) is 5.91 Å². The summed E-state index contributed by atoms with van der Waals surface area (Å²) in [5.74, 6) is -0.397. The zero-order chi connectivity index (χ0) is 13.8. The minimum absolute atomic E-state index is 0.0455. The van der Waals surface area contributed by atoms with Gasteiger partial charge in [0.2, 0.25) is 0 Å². The van der Waals surface area contributed by atoms with Crippen LogP contribution < -0.4 is 5.32 Å². The minimum Gasteiger partial charge on any atom is -0.481 e. The Morgan fingerprint density at radius 1 is 1.37 bits per heavy atom. The second-order valence-corrected chi connectivity index (χ2v) is 4.15. The lowest BCUT2D eigenvalue weighted by atomic mass is 10.2. The van der Waals surface area contributed by atoms with Crippen LogP contribution in [0.5, 0.6) is 0 Å². The lowest BCUT2D eigenvalue weighted by molar-refractivity contribution is -0.137. The molecule has 0 saturated heterocycles. The van der Waals surface area contributed by atoms with E-state index in [0.29, 0.717) is 30.0 Å². The molecule has 0 radical (unpaired) electrons. The summed E-state index contributed by atoms with van der Waals surface area (Å²) in [7, 11) is 0. The molecule has 100 valence electrons. The number of aromatic nitrogens is 3. The molecule has 0 unspecified atom stereocenters. The number of fused-ring (bicyclic) bond motifs is 1.